The Hall–Kier alpha value is -5.84. The van der Waals surface area contributed by atoms with Crippen molar-refractivity contribution in [2.24, 2.45) is 23.7 Å². The Labute approximate surface area is 338 Å². The fourth-order valence-electron chi connectivity index (χ4n) is 7.37. The average molecular weight is 799 g/mol. The summed E-state index contributed by atoms with van der Waals surface area (Å²) in [6.45, 7) is 11.8. The van der Waals surface area contributed by atoms with Crippen LogP contribution in [0.3, 0.4) is 0 Å². The Bertz CT molecular complexity index is 1940. The van der Waals surface area contributed by atoms with E-state index >= 15 is 0 Å². The Morgan fingerprint density at radius 2 is 1.07 bits per heavy atom. The first-order chi connectivity index (χ1) is 27.7. The van der Waals surface area contributed by atoms with E-state index in [0.29, 0.717) is 71.5 Å². The van der Waals surface area contributed by atoms with E-state index in [2.05, 4.69) is 54.3 Å². The first-order valence-corrected chi connectivity index (χ1v) is 19.5. The average Bonchev–Trinajstić information content (AvgIpc) is 4.01. The summed E-state index contributed by atoms with van der Waals surface area (Å²) in [4.78, 5) is 70.5. The molecule has 16 nitrogen and oxygen atoms in total. The van der Waals surface area contributed by atoms with Crippen LogP contribution in [-0.4, -0.2) is 103 Å². The SMILES string of the molecule is COC(=O)N[C@H](C(=O)N1C[C@@H](C)C[C@H]1c1nc(CO)c(C#Cc2ccc(C#Cc3[nH]c([C@@H]4C[C@H](C)CN4C(=O)[C@@H](NC(=O)OC)C(C)C)nc3CO)cc2)[nH]1)C(C)C. The molecular weight excluding hydrogens is 745 g/mol. The number of alkyl carbamates (subject to hydrolysis) is 2. The maximum absolute atomic E-state index is 13.7. The molecule has 2 aliphatic heterocycles. The quantitative estimate of drug-likeness (QED) is 0.164. The molecule has 6 N–H and O–H groups in total. The molecule has 2 saturated heterocycles. The number of hydrogen-bond donors (Lipinski definition) is 6. The van der Waals surface area contributed by atoms with Gasteiger partial charge in [0.25, 0.3) is 0 Å². The number of aliphatic hydroxyl groups excluding tert-OH is 2. The monoisotopic (exact) mass is 798 g/mol. The van der Waals surface area contributed by atoms with Crippen LogP contribution in [0, 0.1) is 47.4 Å². The van der Waals surface area contributed by atoms with Crippen molar-refractivity contribution in [1.82, 2.24) is 40.4 Å². The number of rotatable bonds is 10. The Kier molecular flexibility index (Phi) is 14.2. The van der Waals surface area contributed by atoms with E-state index < -0.39 is 36.4 Å². The van der Waals surface area contributed by atoms with Gasteiger partial charge in [-0.3, -0.25) is 9.59 Å². The molecule has 2 aliphatic rings. The van der Waals surface area contributed by atoms with Gasteiger partial charge in [-0.15, -0.1) is 0 Å². The smallest absolute Gasteiger partial charge is 0.407 e. The highest BCUT2D eigenvalue weighted by atomic mass is 16.5. The van der Waals surface area contributed by atoms with Crippen molar-refractivity contribution >= 4 is 24.0 Å². The number of carbonyl (C=O) groups excluding carboxylic acids is 4. The number of aliphatic hydroxyl groups is 2. The third kappa shape index (κ3) is 9.99. The lowest BCUT2D eigenvalue weighted by atomic mass is 10.0. The zero-order valence-corrected chi connectivity index (χ0v) is 34.3. The number of likely N-dealkylation sites (tertiary alicyclic amines) is 2. The van der Waals surface area contributed by atoms with Gasteiger partial charge in [0.05, 0.1) is 39.5 Å². The summed E-state index contributed by atoms with van der Waals surface area (Å²) in [5.74, 6) is 12.9. The van der Waals surface area contributed by atoms with E-state index in [4.69, 9.17) is 9.47 Å². The van der Waals surface area contributed by atoms with Crippen molar-refractivity contribution in [3.63, 3.8) is 0 Å². The highest BCUT2D eigenvalue weighted by molar-refractivity contribution is 5.87. The predicted octanol–water partition coefficient (Wildman–Crippen LogP) is 3.50. The second kappa shape index (κ2) is 19.1. The van der Waals surface area contributed by atoms with Crippen molar-refractivity contribution in [1.29, 1.82) is 0 Å². The standard InChI is InChI=1S/C42H54N8O8/c1-23(2)35(47-41(55)57-7)39(53)49-19-25(5)17-33(49)37-43-29(31(21-51)45-37)15-13-27-9-11-28(12-10-27)14-16-30-32(22-52)46-38(44-30)34-18-26(6)20-50(34)40(54)36(24(3)4)48-42(56)58-8/h9-12,23-26,33-36,51-52H,17-22H2,1-8H3,(H,43,45)(H,44,46)(H,47,55)(H,48,56)/t25-,26-,33-,34-,35-,36-/m0/s1. The van der Waals surface area contributed by atoms with Crippen LogP contribution in [0.1, 0.15) is 112 Å². The number of aromatic amines is 2. The van der Waals surface area contributed by atoms with Gasteiger partial charge in [-0.2, -0.15) is 0 Å². The summed E-state index contributed by atoms with van der Waals surface area (Å²) < 4.78 is 9.49. The lowest BCUT2D eigenvalue weighted by molar-refractivity contribution is -0.136. The molecule has 3 aromatic rings. The summed E-state index contributed by atoms with van der Waals surface area (Å²) in [5, 5.41) is 25.6. The maximum Gasteiger partial charge on any atom is 0.407 e. The number of aromatic nitrogens is 4. The van der Waals surface area contributed by atoms with Crippen LogP contribution in [0.25, 0.3) is 0 Å². The summed E-state index contributed by atoms with van der Waals surface area (Å²) in [6.07, 6.45) is -0.0616. The van der Waals surface area contributed by atoms with Gasteiger partial charge in [0.1, 0.15) is 46.5 Å². The van der Waals surface area contributed by atoms with E-state index in [-0.39, 0.29) is 48.7 Å². The molecule has 1 aromatic carbocycles. The summed E-state index contributed by atoms with van der Waals surface area (Å²) in [5.41, 5.74) is 2.97. The van der Waals surface area contributed by atoms with Gasteiger partial charge in [-0.05, 0) is 72.6 Å². The number of amides is 4. The van der Waals surface area contributed by atoms with Crippen LogP contribution >= 0.6 is 0 Å². The summed E-state index contributed by atoms with van der Waals surface area (Å²) >= 11 is 0. The molecule has 0 unspecified atom stereocenters. The number of H-pyrrole nitrogens is 2. The molecule has 4 heterocycles. The minimum Gasteiger partial charge on any atom is -0.453 e. The molecule has 16 heteroatoms. The highest BCUT2D eigenvalue weighted by Crippen LogP contribution is 2.37. The lowest BCUT2D eigenvalue weighted by Gasteiger charge is -2.30. The zero-order chi connectivity index (χ0) is 42.3. The normalized spacial score (nSPS) is 19.9. The molecule has 2 aromatic heterocycles. The molecule has 58 heavy (non-hydrogen) atoms. The van der Waals surface area contributed by atoms with Gasteiger partial charge in [0, 0.05) is 24.2 Å². The molecule has 310 valence electrons. The predicted molar refractivity (Wildman–Crippen MR) is 212 cm³/mol. The fraction of sp³-hybridized carbons (Fsp3) is 0.524. The van der Waals surface area contributed by atoms with Gasteiger partial charge in [-0.1, -0.05) is 53.4 Å². The molecular formula is C42H54N8O8. The van der Waals surface area contributed by atoms with E-state index in [9.17, 15) is 29.4 Å². The Balaban J connectivity index is 1.31. The molecule has 0 aliphatic carbocycles. The molecule has 6 atom stereocenters. The number of carbonyl (C=O) groups is 4. The van der Waals surface area contributed by atoms with E-state index in [1.54, 1.807) is 9.80 Å². The molecule has 0 spiro atoms. The molecule has 0 bridgehead atoms. The van der Waals surface area contributed by atoms with Crippen molar-refractivity contribution in [3.8, 4) is 23.7 Å². The topological polar surface area (TPSA) is 215 Å². The number of methoxy groups -OCH3 is 2. The minimum atomic E-state index is -0.779. The first-order valence-electron chi connectivity index (χ1n) is 19.5. The van der Waals surface area contributed by atoms with E-state index in [1.165, 1.54) is 14.2 Å². The number of nitrogens with zero attached hydrogens (tertiary/aromatic N) is 4. The van der Waals surface area contributed by atoms with E-state index in [0.717, 1.165) is 0 Å². The molecule has 5 rings (SSSR count). The lowest BCUT2D eigenvalue weighted by Crippen LogP contribution is -2.51. The number of ether oxygens (including phenoxy) is 2. The second-order valence-electron chi connectivity index (χ2n) is 15.7. The van der Waals surface area contributed by atoms with Crippen molar-refractivity contribution in [2.75, 3.05) is 27.3 Å². The van der Waals surface area contributed by atoms with Gasteiger partial charge in [0.2, 0.25) is 11.8 Å². The van der Waals surface area contributed by atoms with Crippen LogP contribution < -0.4 is 10.6 Å². The fourth-order valence-corrected chi connectivity index (χ4v) is 7.37. The van der Waals surface area contributed by atoms with Gasteiger partial charge >= 0.3 is 12.2 Å². The third-order valence-electron chi connectivity index (χ3n) is 10.4. The van der Waals surface area contributed by atoms with Gasteiger partial charge < -0.3 is 50.1 Å². The number of nitrogens with one attached hydrogen (secondary N) is 4. The minimum absolute atomic E-state index is 0.179. The summed E-state index contributed by atoms with van der Waals surface area (Å²) in [7, 11) is 2.51. The maximum atomic E-state index is 13.7. The van der Waals surface area contributed by atoms with Crippen LogP contribution in [-0.2, 0) is 32.3 Å². The number of hydrogen-bond acceptors (Lipinski definition) is 10. The molecule has 0 radical (unpaired) electrons. The number of imidazole rings is 2. The Morgan fingerprint density at radius 1 is 0.707 bits per heavy atom. The van der Waals surface area contributed by atoms with Crippen molar-refractivity contribution < 1.29 is 38.9 Å². The van der Waals surface area contributed by atoms with Crippen LogP contribution in [0.4, 0.5) is 9.59 Å². The second-order valence-corrected chi connectivity index (χ2v) is 15.7. The van der Waals surface area contributed by atoms with Crippen LogP contribution in [0.2, 0.25) is 0 Å². The van der Waals surface area contributed by atoms with Gasteiger partial charge in [-0.25, -0.2) is 19.6 Å². The van der Waals surface area contributed by atoms with Crippen molar-refractivity contribution in [3.05, 3.63) is 69.8 Å². The van der Waals surface area contributed by atoms with Gasteiger partial charge in [0.15, 0.2) is 0 Å². The third-order valence-corrected chi connectivity index (χ3v) is 10.4. The zero-order valence-electron chi connectivity index (χ0n) is 34.3. The van der Waals surface area contributed by atoms with E-state index in [1.807, 2.05) is 65.8 Å². The summed E-state index contributed by atoms with van der Waals surface area (Å²) in [6, 6.07) is 4.91. The molecule has 2 fully saturated rings. The van der Waals surface area contributed by atoms with Crippen LogP contribution in [0.5, 0.6) is 0 Å². The Morgan fingerprint density at radius 3 is 1.38 bits per heavy atom. The van der Waals surface area contributed by atoms with Crippen molar-refractivity contribution in [2.45, 2.75) is 91.8 Å². The largest absolute Gasteiger partial charge is 0.453 e. The first kappa shape index (κ1) is 43.3. The highest BCUT2D eigenvalue weighted by Gasteiger charge is 2.42. The molecule has 4 amide bonds. The van der Waals surface area contributed by atoms with Crippen LogP contribution in [0.15, 0.2) is 24.3 Å². The number of benzene rings is 1. The molecule has 0 saturated carbocycles.